The molecule has 1 unspecified atom stereocenters. The summed E-state index contributed by atoms with van der Waals surface area (Å²) in [4.78, 5) is 24.5. The van der Waals surface area contributed by atoms with E-state index >= 15 is 0 Å². The SMILES string of the molecule is Cc1ccnc(SC(C)C(=O)NC2=NCCS2)n1. The fraction of sp³-hybridized carbons (Fsp3) is 0.455. The number of carbonyl (C=O) groups excluding carboxylic acids is 1. The third-order valence-electron chi connectivity index (χ3n) is 2.24. The van der Waals surface area contributed by atoms with Gasteiger partial charge in [-0.05, 0) is 19.9 Å². The summed E-state index contributed by atoms with van der Waals surface area (Å²) in [5, 5.41) is 3.91. The minimum absolute atomic E-state index is 0.0572. The van der Waals surface area contributed by atoms with Crippen LogP contribution >= 0.6 is 23.5 Å². The highest BCUT2D eigenvalue weighted by atomic mass is 32.2. The first kappa shape index (κ1) is 13.4. The molecule has 1 aliphatic rings. The molecule has 7 heteroatoms. The van der Waals surface area contributed by atoms with Crippen molar-refractivity contribution in [2.75, 3.05) is 12.3 Å². The van der Waals surface area contributed by atoms with E-state index < -0.39 is 0 Å². The number of carbonyl (C=O) groups is 1. The molecule has 18 heavy (non-hydrogen) atoms. The second kappa shape index (κ2) is 6.19. The summed E-state index contributed by atoms with van der Waals surface area (Å²) in [5.74, 6) is 0.885. The molecule has 0 radical (unpaired) electrons. The highest BCUT2D eigenvalue weighted by Gasteiger charge is 2.18. The zero-order valence-electron chi connectivity index (χ0n) is 10.2. The van der Waals surface area contributed by atoms with Crippen LogP contribution in [0.25, 0.3) is 0 Å². The van der Waals surface area contributed by atoms with Gasteiger partial charge in [-0.1, -0.05) is 23.5 Å². The van der Waals surface area contributed by atoms with Crippen LogP contribution in [-0.4, -0.2) is 38.6 Å². The Morgan fingerprint density at radius 3 is 3.11 bits per heavy atom. The first-order valence-corrected chi connectivity index (χ1v) is 7.46. The van der Waals surface area contributed by atoms with Gasteiger partial charge in [0.25, 0.3) is 0 Å². The van der Waals surface area contributed by atoms with Gasteiger partial charge in [0, 0.05) is 17.6 Å². The van der Waals surface area contributed by atoms with Crippen molar-refractivity contribution in [3.63, 3.8) is 0 Å². The molecular formula is C11H14N4OS2. The van der Waals surface area contributed by atoms with Crippen molar-refractivity contribution in [1.82, 2.24) is 15.3 Å². The van der Waals surface area contributed by atoms with Crippen molar-refractivity contribution in [3.05, 3.63) is 18.0 Å². The zero-order valence-corrected chi connectivity index (χ0v) is 11.8. The minimum atomic E-state index is -0.240. The monoisotopic (exact) mass is 282 g/mol. The first-order valence-electron chi connectivity index (χ1n) is 5.59. The van der Waals surface area contributed by atoms with E-state index in [0.29, 0.717) is 5.16 Å². The summed E-state index contributed by atoms with van der Waals surface area (Å²) in [6, 6.07) is 1.83. The molecule has 96 valence electrons. The van der Waals surface area contributed by atoms with Crippen LogP contribution in [0, 0.1) is 6.92 Å². The van der Waals surface area contributed by atoms with Gasteiger partial charge in [0.1, 0.15) is 0 Å². The second-order valence-corrected chi connectivity index (χ2v) is 6.16. The van der Waals surface area contributed by atoms with Gasteiger partial charge < -0.3 is 5.32 Å². The third kappa shape index (κ3) is 3.71. The van der Waals surface area contributed by atoms with E-state index in [0.717, 1.165) is 23.2 Å². The lowest BCUT2D eigenvalue weighted by molar-refractivity contribution is -0.118. The Balaban J connectivity index is 1.90. The van der Waals surface area contributed by atoms with E-state index in [2.05, 4.69) is 20.3 Å². The zero-order chi connectivity index (χ0) is 13.0. The van der Waals surface area contributed by atoms with Gasteiger partial charge >= 0.3 is 0 Å². The molecule has 5 nitrogen and oxygen atoms in total. The van der Waals surface area contributed by atoms with Crippen molar-refractivity contribution in [2.45, 2.75) is 24.3 Å². The van der Waals surface area contributed by atoms with Crippen LogP contribution < -0.4 is 5.32 Å². The van der Waals surface area contributed by atoms with Gasteiger partial charge in [-0.25, -0.2) is 9.97 Å². The number of aliphatic imine (C=N–C) groups is 1. The number of rotatable bonds is 3. The number of amidine groups is 1. The Hall–Kier alpha value is -1.08. The number of hydrogen-bond acceptors (Lipinski definition) is 6. The molecule has 0 spiro atoms. The molecule has 0 aromatic carbocycles. The number of aryl methyl sites for hydroxylation is 1. The molecule has 2 heterocycles. The van der Waals surface area contributed by atoms with Crippen LogP contribution in [0.1, 0.15) is 12.6 Å². The Labute approximate surface area is 114 Å². The van der Waals surface area contributed by atoms with Gasteiger partial charge in [0.15, 0.2) is 10.3 Å². The van der Waals surface area contributed by atoms with E-state index in [9.17, 15) is 4.79 Å². The molecule has 0 saturated heterocycles. The van der Waals surface area contributed by atoms with Crippen LogP contribution in [0.4, 0.5) is 0 Å². The van der Waals surface area contributed by atoms with Crippen molar-refractivity contribution >= 4 is 34.6 Å². The number of aromatic nitrogens is 2. The molecule has 0 bridgehead atoms. The molecule has 0 fully saturated rings. The predicted octanol–water partition coefficient (Wildman–Crippen LogP) is 1.48. The standard InChI is InChI=1S/C11H14N4OS2/c1-7-3-4-12-11(14-7)18-8(2)9(16)15-10-13-5-6-17-10/h3-4,8H,5-6H2,1-2H3,(H,13,15,16). The average Bonchev–Trinajstić information content (AvgIpc) is 2.81. The molecule has 1 aliphatic heterocycles. The van der Waals surface area contributed by atoms with Crippen molar-refractivity contribution in [2.24, 2.45) is 4.99 Å². The summed E-state index contributed by atoms with van der Waals surface area (Å²) in [6.45, 7) is 4.52. The molecule has 1 amide bonds. The summed E-state index contributed by atoms with van der Waals surface area (Å²) in [7, 11) is 0. The van der Waals surface area contributed by atoms with Gasteiger partial charge in [-0.15, -0.1) is 0 Å². The molecule has 1 N–H and O–H groups in total. The molecule has 1 aromatic rings. The lowest BCUT2D eigenvalue weighted by Gasteiger charge is -2.10. The highest BCUT2D eigenvalue weighted by molar-refractivity contribution is 8.14. The van der Waals surface area contributed by atoms with Crippen LogP contribution in [0.2, 0.25) is 0 Å². The van der Waals surface area contributed by atoms with Gasteiger partial charge in [-0.3, -0.25) is 9.79 Å². The maximum absolute atomic E-state index is 11.9. The Bertz CT molecular complexity index is 478. The Morgan fingerprint density at radius 1 is 1.61 bits per heavy atom. The maximum Gasteiger partial charge on any atom is 0.239 e. The van der Waals surface area contributed by atoms with Crippen LogP contribution in [-0.2, 0) is 4.79 Å². The van der Waals surface area contributed by atoms with E-state index in [-0.39, 0.29) is 11.2 Å². The van der Waals surface area contributed by atoms with E-state index in [1.165, 1.54) is 11.8 Å². The maximum atomic E-state index is 11.9. The fourth-order valence-electron chi connectivity index (χ4n) is 1.31. The molecule has 2 rings (SSSR count). The minimum Gasteiger partial charge on any atom is -0.304 e. The number of hydrogen-bond donors (Lipinski definition) is 1. The van der Waals surface area contributed by atoms with Crippen LogP contribution in [0.3, 0.4) is 0 Å². The molecular weight excluding hydrogens is 268 g/mol. The predicted molar refractivity (Wildman–Crippen MR) is 75.0 cm³/mol. The first-order chi connectivity index (χ1) is 8.65. The molecule has 0 saturated carbocycles. The lowest BCUT2D eigenvalue weighted by Crippen LogP contribution is -2.33. The molecule has 1 aromatic heterocycles. The topological polar surface area (TPSA) is 67.2 Å². The largest absolute Gasteiger partial charge is 0.304 e. The van der Waals surface area contributed by atoms with Gasteiger partial charge in [0.05, 0.1) is 11.8 Å². The quantitative estimate of drug-likeness (QED) is 0.672. The Morgan fingerprint density at radius 2 is 2.44 bits per heavy atom. The van der Waals surface area contributed by atoms with Gasteiger partial charge in [0.2, 0.25) is 5.91 Å². The third-order valence-corrected chi connectivity index (χ3v) is 4.11. The van der Waals surface area contributed by atoms with Gasteiger partial charge in [-0.2, -0.15) is 0 Å². The van der Waals surface area contributed by atoms with E-state index in [1.54, 1.807) is 18.0 Å². The van der Waals surface area contributed by atoms with Crippen molar-refractivity contribution in [3.8, 4) is 0 Å². The summed E-state index contributed by atoms with van der Waals surface area (Å²) < 4.78 is 0. The number of nitrogens with zero attached hydrogens (tertiary/aromatic N) is 3. The van der Waals surface area contributed by atoms with Crippen molar-refractivity contribution < 1.29 is 4.79 Å². The molecule has 1 atom stereocenters. The summed E-state index contributed by atoms with van der Waals surface area (Å²) in [5.41, 5.74) is 0.899. The normalized spacial score (nSPS) is 16.2. The average molecular weight is 282 g/mol. The molecule has 0 aliphatic carbocycles. The Kier molecular flexibility index (Phi) is 4.60. The highest BCUT2D eigenvalue weighted by Crippen LogP contribution is 2.19. The van der Waals surface area contributed by atoms with E-state index in [4.69, 9.17) is 0 Å². The summed E-state index contributed by atoms with van der Waals surface area (Å²) >= 11 is 2.93. The van der Waals surface area contributed by atoms with Crippen molar-refractivity contribution in [1.29, 1.82) is 0 Å². The summed E-state index contributed by atoms with van der Waals surface area (Å²) in [6.07, 6.45) is 1.70. The smallest absolute Gasteiger partial charge is 0.239 e. The number of thioether (sulfide) groups is 2. The van der Waals surface area contributed by atoms with E-state index in [1.807, 2.05) is 19.9 Å². The van der Waals surface area contributed by atoms with Crippen LogP contribution in [0.5, 0.6) is 0 Å². The van der Waals surface area contributed by atoms with Crippen LogP contribution in [0.15, 0.2) is 22.4 Å². The second-order valence-electron chi connectivity index (χ2n) is 3.77. The fourth-order valence-corrected chi connectivity index (χ4v) is 2.84. The number of nitrogens with one attached hydrogen (secondary N) is 1. The number of amides is 1. The lowest BCUT2D eigenvalue weighted by atomic mass is 10.4.